The summed E-state index contributed by atoms with van der Waals surface area (Å²) >= 11 is 0. The summed E-state index contributed by atoms with van der Waals surface area (Å²) in [5.74, 6) is -55.8. The van der Waals surface area contributed by atoms with Gasteiger partial charge in [-0.05, 0) is 42.3 Å². The van der Waals surface area contributed by atoms with Gasteiger partial charge in [-0.2, -0.15) is 175 Å². The van der Waals surface area contributed by atoms with Gasteiger partial charge in [-0.25, -0.2) is 22.0 Å². The van der Waals surface area contributed by atoms with Crippen molar-refractivity contribution in [2.75, 3.05) is 0 Å². The number of allylic oxidation sites excluding steroid dienone is 1. The van der Waals surface area contributed by atoms with E-state index in [9.17, 15) is 175 Å². The summed E-state index contributed by atoms with van der Waals surface area (Å²) in [5.41, 5.74) is -13.5. The summed E-state index contributed by atoms with van der Waals surface area (Å²) in [6.07, 6.45) is -5.35. The Morgan fingerprint density at radius 1 is 0.227 bits per heavy atom. The normalized spacial score (nSPS) is 13.7. The average molecular weight is 2420 g/mol. The van der Waals surface area contributed by atoms with Crippen molar-refractivity contribution in [1.82, 2.24) is 0 Å². The van der Waals surface area contributed by atoms with E-state index >= 15 is 0 Å². The van der Waals surface area contributed by atoms with E-state index < -0.39 is 227 Å². The van der Waals surface area contributed by atoms with E-state index in [0.29, 0.717) is 108 Å². The molecule has 0 saturated heterocycles. The molecule has 0 fully saturated rings. The van der Waals surface area contributed by atoms with Crippen LogP contribution in [0.5, 0.6) is 0 Å². The zero-order valence-electron chi connectivity index (χ0n) is 63.4. The largest absolute Gasteiger partial charge is 0.339 e. The van der Waals surface area contributed by atoms with Crippen LogP contribution in [0, 0.1) is 12.1 Å². The third kappa shape index (κ3) is 23.6. The summed E-state index contributed by atoms with van der Waals surface area (Å²) in [4.78, 5) is -4.99. The third-order valence-electron chi connectivity index (χ3n) is 17.3. The van der Waals surface area contributed by atoms with Crippen molar-refractivity contribution in [3.05, 3.63) is 381 Å². The topological polar surface area (TPSA) is 0 Å². The summed E-state index contributed by atoms with van der Waals surface area (Å²) in [5, 5.41) is 0. The van der Waals surface area contributed by atoms with Gasteiger partial charge in [0.25, 0.3) is 0 Å². The standard InChI is InChI=1S/C19H11F9.C16H8F12S.C16H11F9S.C16H8F7.C16H11F4.2Rf/c1-10(20)15(21)11-2-6-13(7-3-11)18(25,26)19(27,28)14-8-4-12(5-9-14)16(22)17(23)24;17-13(14(18)19)9-1-3-10(4-2-9)15(20,21)16(22,23)11-5-7-12(8-6-11)29(24,25,26,27)28;1-2-11-3-5-12(6-4-11)15(17,18)16(19,20)13-7-9-14(10-8-13)26(21,22,23,24)25;17-13(14(18)19)10-6-8-12(9-7-10)16(22,23)15(20,21)11-4-2-1-3-5-11;1-2-12-8-10-14(11-9-12)16(19,20)15(17,18)13-6-4-3-5-7-13;;/h2-9H,1H3;1-8H;2-10H,1H2;2-9H;2,4-11H,1H2;;/q;;;2*-1;;/b15-10+;;;;;;. The second-order valence-electron chi connectivity index (χ2n) is 25.8. The molecule has 128 heavy (non-hydrogen) atoms. The molecule has 0 radical (unpaired) electrons. The van der Waals surface area contributed by atoms with Crippen LogP contribution in [0.4, 0.5) is 175 Å². The molecule has 0 N–H and O–H groups in total. The van der Waals surface area contributed by atoms with E-state index in [-0.39, 0.29) is 48.5 Å². The summed E-state index contributed by atoms with van der Waals surface area (Å²) in [6, 6.07) is 26.6. The molecule has 0 unspecified atom stereocenters. The van der Waals surface area contributed by atoms with Gasteiger partial charge >= 0.3 is 97.9 Å². The number of hydrogen-bond acceptors (Lipinski definition) is 0. The number of alkyl halides is 20. The van der Waals surface area contributed by atoms with Crippen molar-refractivity contribution >= 4 is 55.9 Å². The van der Waals surface area contributed by atoms with Gasteiger partial charge in [-0.15, -0.1) is 0 Å². The molecule has 0 aromatic heterocycles. The van der Waals surface area contributed by atoms with Crippen molar-refractivity contribution in [1.29, 1.82) is 0 Å². The first-order valence-corrected chi connectivity index (χ1v) is 37.6. The molecule has 0 heterocycles. The summed E-state index contributed by atoms with van der Waals surface area (Å²) < 4.78 is 548. The fraction of sp³-hybridized carbons (Fsp3) is 0.133. The van der Waals surface area contributed by atoms with Crippen LogP contribution in [0.3, 0.4) is 0 Å². The fourth-order valence-electron chi connectivity index (χ4n) is 10.3. The van der Waals surface area contributed by atoms with Gasteiger partial charge in [-0.1, -0.05) is 245 Å². The molecule has 0 amide bonds. The van der Waals surface area contributed by atoms with Crippen molar-refractivity contribution in [2.24, 2.45) is 0 Å². The number of hydrogen-bond donors (Lipinski definition) is 0. The second kappa shape index (κ2) is 36.4. The monoisotopic (exact) mass is 2420 g/mol. The first kappa shape index (κ1) is 107. The quantitative estimate of drug-likeness (QED) is 0.0442. The maximum atomic E-state index is 14.4. The van der Waals surface area contributed by atoms with Crippen LogP contribution in [-0.2, 0) is 59.2 Å². The van der Waals surface area contributed by atoms with Gasteiger partial charge in [0.1, 0.15) is 15.6 Å². The molecule has 10 rings (SSSR count). The third-order valence-corrected chi connectivity index (χ3v) is 19.6. The Balaban J connectivity index is 0.000000336. The minimum absolute atomic E-state index is 0. The predicted molar refractivity (Wildman–Crippen MR) is 390 cm³/mol. The number of halogens is 41. The van der Waals surface area contributed by atoms with Gasteiger partial charge in [0.05, 0.1) is 0 Å². The van der Waals surface area contributed by atoms with Crippen LogP contribution in [0.15, 0.2) is 290 Å². The molecule has 0 atom stereocenters. The van der Waals surface area contributed by atoms with E-state index in [1.165, 1.54) is 36.4 Å². The Hall–Kier alpha value is -13.5. The van der Waals surface area contributed by atoms with Crippen LogP contribution >= 0.6 is 20.4 Å². The minimum Gasteiger partial charge on any atom is -0.209 e. The molecule has 0 aliphatic rings. The van der Waals surface area contributed by atoms with E-state index in [4.69, 9.17) is 0 Å². The first-order valence-electron chi connectivity index (χ1n) is 33.7. The van der Waals surface area contributed by atoms with E-state index in [0.717, 1.165) is 67.6 Å². The Morgan fingerprint density at radius 3 is 0.508 bits per heavy atom. The van der Waals surface area contributed by atoms with Gasteiger partial charge in [0, 0.05) is 66.8 Å². The maximum Gasteiger partial charge on any atom is 0.339 e. The fourth-order valence-corrected chi connectivity index (χ4v) is 11.6. The van der Waals surface area contributed by atoms with E-state index in [1.54, 1.807) is 0 Å². The van der Waals surface area contributed by atoms with Crippen molar-refractivity contribution in [3.8, 4) is 0 Å². The summed E-state index contributed by atoms with van der Waals surface area (Å²) in [7, 11) is -20.3. The molecule has 0 aliphatic heterocycles. The molecule has 0 aliphatic carbocycles. The summed E-state index contributed by atoms with van der Waals surface area (Å²) in [6.45, 7) is 7.65. The SMILES string of the molecule is C/C(F)=C(\F)c1ccc(C(F)(F)C(F)(F)c2ccc(C(F)=C(F)F)cc2)cc1.C=Cc1ccc(C(F)(F)C(F)(F)c2cc[c-]cc2)cc1.C=Cc1ccc(C(F)(F)C(F)(F)c2ccc(S(F)(F)(F)(F)F)cc2)cc1.FC(F)=C(F)c1ccc(C(F)(F)C(F)(F)c2cc[c-]cc2)cc1.FC(F)=C(F)c1ccc(C(F)(F)C(F)(F)c2ccc(S(F)(F)(F)(F)F)cc2)cc1.[Rf].[Rf]. The molecule has 0 nitrogen and oxygen atoms in total. The molecule has 10 aromatic carbocycles. The minimum atomic E-state index is -10.2. The molecule has 686 valence electrons. The zero-order valence-corrected chi connectivity index (χ0v) is 77.8. The smallest absolute Gasteiger partial charge is 0.209 e. The maximum absolute atomic E-state index is 14.4. The van der Waals surface area contributed by atoms with Crippen LogP contribution in [0.1, 0.15) is 95.9 Å². The van der Waals surface area contributed by atoms with Gasteiger partial charge in [0.2, 0.25) is 0 Å². The Morgan fingerprint density at radius 2 is 0.367 bits per heavy atom. The van der Waals surface area contributed by atoms with Gasteiger partial charge in [0.15, 0.2) is 23.3 Å². The van der Waals surface area contributed by atoms with Crippen LogP contribution in [-0.4, -0.2) is 0 Å². The van der Waals surface area contributed by atoms with Crippen LogP contribution < -0.4 is 0 Å². The average Bonchev–Trinajstić information content (AvgIpc) is 0.722. The van der Waals surface area contributed by atoms with E-state index in [1.807, 2.05) is 0 Å². The first-order chi connectivity index (χ1) is 57.2. The van der Waals surface area contributed by atoms with Crippen LogP contribution in [0.25, 0.3) is 35.5 Å². The Bertz CT molecular complexity index is 5510. The molecule has 0 saturated carbocycles. The van der Waals surface area contributed by atoms with Gasteiger partial charge < -0.3 is 0 Å². The number of benzene rings is 10. The zero-order chi connectivity index (χ0) is 95.9. The van der Waals surface area contributed by atoms with Gasteiger partial charge in [-0.3, -0.25) is 0 Å². The molecular weight excluding hydrogens is 2370 g/mol. The Kier molecular flexibility index (Phi) is 30.4. The Labute approximate surface area is 685 Å². The molecule has 10 aromatic rings. The van der Waals surface area contributed by atoms with Crippen molar-refractivity contribution < 1.29 is 175 Å². The molecule has 0 spiro atoms. The number of rotatable bonds is 23. The van der Waals surface area contributed by atoms with Crippen molar-refractivity contribution in [3.63, 3.8) is 0 Å². The van der Waals surface area contributed by atoms with Crippen LogP contribution in [0.2, 0.25) is 0 Å². The molecular formula is C83H49F41Rf2S2-2. The van der Waals surface area contributed by atoms with Crippen molar-refractivity contribution in [2.45, 2.75) is 75.9 Å². The predicted octanol–water partition coefficient (Wildman–Crippen LogP) is 35.3. The molecule has 45 heteroatoms. The second-order valence-corrected chi connectivity index (χ2v) is 30.7. The van der Waals surface area contributed by atoms with E-state index in [2.05, 4.69) is 25.3 Å². The molecule has 0 bridgehead atoms.